The summed E-state index contributed by atoms with van der Waals surface area (Å²) in [6, 6.07) is 17.2. The fourth-order valence-electron chi connectivity index (χ4n) is 4.62. The van der Waals surface area contributed by atoms with E-state index in [-0.39, 0.29) is 5.75 Å². The molecule has 3 heterocycles. The van der Waals surface area contributed by atoms with Crippen molar-refractivity contribution < 1.29 is 8.76 Å². The van der Waals surface area contributed by atoms with Crippen molar-refractivity contribution in [2.75, 3.05) is 18.0 Å². The van der Waals surface area contributed by atoms with Crippen LogP contribution >= 0.6 is 0 Å². The first kappa shape index (κ1) is 21.8. The van der Waals surface area contributed by atoms with Gasteiger partial charge in [-0.3, -0.25) is 0 Å². The summed E-state index contributed by atoms with van der Waals surface area (Å²) in [4.78, 5) is 7.17. The SMILES string of the molecule is C[C@@H]1CNC[C@H](C)N1c1ccc(-c2cnc3c(-c4ccc(CS(=O)O)cc4)cnn3c2)cc1. The summed E-state index contributed by atoms with van der Waals surface area (Å²) in [5, 5.41) is 7.99. The largest absolute Gasteiger partial charge is 0.364 e. The van der Waals surface area contributed by atoms with E-state index in [0.717, 1.165) is 46.6 Å². The fraction of sp³-hybridized carbons (Fsp3) is 0.280. The Morgan fingerprint density at radius 1 is 0.970 bits per heavy atom. The van der Waals surface area contributed by atoms with Crippen molar-refractivity contribution in [2.24, 2.45) is 0 Å². The van der Waals surface area contributed by atoms with Crippen LogP contribution in [0.15, 0.2) is 67.1 Å². The van der Waals surface area contributed by atoms with E-state index in [2.05, 4.69) is 53.4 Å². The lowest BCUT2D eigenvalue weighted by atomic mass is 10.0. The second-order valence-corrected chi connectivity index (χ2v) is 9.57. The zero-order chi connectivity index (χ0) is 22.9. The summed E-state index contributed by atoms with van der Waals surface area (Å²) in [5.41, 5.74) is 6.84. The molecule has 0 saturated carbocycles. The van der Waals surface area contributed by atoms with E-state index < -0.39 is 11.1 Å². The average Bonchev–Trinajstić information content (AvgIpc) is 3.23. The first-order valence-corrected chi connectivity index (χ1v) is 12.4. The summed E-state index contributed by atoms with van der Waals surface area (Å²) in [6.45, 7) is 6.51. The number of aromatic nitrogens is 3. The molecular formula is C25H27N5O2S. The van der Waals surface area contributed by atoms with Crippen molar-refractivity contribution >= 4 is 22.4 Å². The zero-order valence-corrected chi connectivity index (χ0v) is 19.5. The van der Waals surface area contributed by atoms with Crippen LogP contribution in [0.2, 0.25) is 0 Å². The molecular weight excluding hydrogens is 434 g/mol. The van der Waals surface area contributed by atoms with E-state index in [1.54, 1.807) is 4.52 Å². The highest BCUT2D eigenvalue weighted by Gasteiger charge is 2.24. The maximum absolute atomic E-state index is 11.0. The van der Waals surface area contributed by atoms with Gasteiger partial charge in [0.1, 0.15) is 0 Å². The zero-order valence-electron chi connectivity index (χ0n) is 18.7. The van der Waals surface area contributed by atoms with Gasteiger partial charge in [-0.25, -0.2) is 13.7 Å². The van der Waals surface area contributed by atoms with Crippen molar-refractivity contribution in [1.29, 1.82) is 0 Å². The van der Waals surface area contributed by atoms with Crippen molar-refractivity contribution in [3.63, 3.8) is 0 Å². The maximum Gasteiger partial charge on any atom is 0.162 e. The minimum absolute atomic E-state index is 0.127. The lowest BCUT2D eigenvalue weighted by Gasteiger charge is -2.41. The van der Waals surface area contributed by atoms with E-state index in [4.69, 9.17) is 9.54 Å². The summed E-state index contributed by atoms with van der Waals surface area (Å²) < 4.78 is 21.9. The minimum Gasteiger partial charge on any atom is -0.364 e. The third-order valence-electron chi connectivity index (χ3n) is 6.24. The highest BCUT2D eigenvalue weighted by molar-refractivity contribution is 7.78. The van der Waals surface area contributed by atoms with Crippen molar-refractivity contribution in [2.45, 2.75) is 31.7 Å². The molecule has 1 unspecified atom stereocenters. The Balaban J connectivity index is 1.40. The van der Waals surface area contributed by atoms with Crippen LogP contribution in [-0.4, -0.2) is 48.5 Å². The number of anilines is 1. The molecule has 2 aromatic heterocycles. The van der Waals surface area contributed by atoms with E-state index in [0.29, 0.717) is 12.1 Å². The number of rotatable bonds is 5. The van der Waals surface area contributed by atoms with Gasteiger partial charge in [0.2, 0.25) is 0 Å². The van der Waals surface area contributed by atoms with Gasteiger partial charge in [0.05, 0.1) is 11.9 Å². The molecule has 0 bridgehead atoms. The van der Waals surface area contributed by atoms with Crippen molar-refractivity contribution in [1.82, 2.24) is 19.9 Å². The van der Waals surface area contributed by atoms with Crippen LogP contribution in [0.4, 0.5) is 5.69 Å². The molecule has 0 aliphatic carbocycles. The molecule has 2 N–H and O–H groups in total. The molecule has 170 valence electrons. The molecule has 8 heteroatoms. The highest BCUT2D eigenvalue weighted by atomic mass is 32.2. The van der Waals surface area contributed by atoms with Gasteiger partial charge in [-0.1, -0.05) is 36.4 Å². The molecule has 3 atom stereocenters. The Kier molecular flexibility index (Phi) is 5.97. The van der Waals surface area contributed by atoms with Gasteiger partial charge in [-0.2, -0.15) is 5.10 Å². The molecule has 0 radical (unpaired) electrons. The molecule has 0 spiro atoms. The van der Waals surface area contributed by atoms with Gasteiger partial charge in [-0.15, -0.1) is 0 Å². The van der Waals surface area contributed by atoms with Crippen LogP contribution < -0.4 is 10.2 Å². The number of nitrogens with zero attached hydrogens (tertiary/aromatic N) is 4. The highest BCUT2D eigenvalue weighted by Crippen LogP contribution is 2.28. The summed E-state index contributed by atoms with van der Waals surface area (Å²) >= 11 is -1.84. The predicted molar refractivity (Wildman–Crippen MR) is 133 cm³/mol. The fourth-order valence-corrected chi connectivity index (χ4v) is 5.10. The number of fused-ring (bicyclic) bond motifs is 1. The lowest BCUT2D eigenvalue weighted by molar-refractivity contribution is 0.432. The first-order chi connectivity index (χ1) is 16.0. The molecule has 4 aromatic rings. The molecule has 5 rings (SSSR count). The van der Waals surface area contributed by atoms with Gasteiger partial charge < -0.3 is 14.8 Å². The standard InChI is InChI=1S/C25H27N5O2S/c1-17-11-26-12-18(2)30(17)23-9-7-20(8-10-23)22-13-27-25-24(14-28-29(25)15-22)21-5-3-19(4-6-21)16-33(31)32/h3-10,13-15,17-18,26H,11-12,16H2,1-2H3,(H,31,32)/t17-,18+. The molecule has 7 nitrogen and oxygen atoms in total. The van der Waals surface area contributed by atoms with Crippen molar-refractivity contribution in [3.05, 3.63) is 72.7 Å². The third-order valence-corrected chi connectivity index (χ3v) is 6.82. The minimum atomic E-state index is -1.84. The van der Waals surface area contributed by atoms with Crippen molar-refractivity contribution in [3.8, 4) is 22.3 Å². The first-order valence-electron chi connectivity index (χ1n) is 11.1. The number of benzene rings is 2. The number of nitrogens with one attached hydrogen (secondary N) is 1. The molecule has 1 aliphatic rings. The Labute approximate surface area is 195 Å². The third kappa shape index (κ3) is 4.42. The van der Waals surface area contributed by atoms with Crippen LogP contribution in [0.25, 0.3) is 27.9 Å². The van der Waals surface area contributed by atoms with Crippen LogP contribution in [0, 0.1) is 0 Å². The molecule has 0 amide bonds. The second kappa shape index (κ2) is 9.05. The van der Waals surface area contributed by atoms with Gasteiger partial charge in [0, 0.05) is 54.4 Å². The maximum atomic E-state index is 11.0. The van der Waals surface area contributed by atoms with Crippen LogP contribution in [0.3, 0.4) is 0 Å². The van der Waals surface area contributed by atoms with Gasteiger partial charge in [0.15, 0.2) is 16.7 Å². The summed E-state index contributed by atoms with van der Waals surface area (Å²) in [7, 11) is 0. The van der Waals surface area contributed by atoms with Gasteiger partial charge >= 0.3 is 0 Å². The lowest BCUT2D eigenvalue weighted by Crippen LogP contribution is -2.55. The average molecular weight is 462 g/mol. The summed E-state index contributed by atoms with van der Waals surface area (Å²) in [5.74, 6) is 0.127. The molecule has 1 fully saturated rings. The van der Waals surface area contributed by atoms with Gasteiger partial charge in [-0.05, 0) is 42.7 Å². The normalized spacial score (nSPS) is 19.7. The van der Waals surface area contributed by atoms with Gasteiger partial charge in [0.25, 0.3) is 0 Å². The number of hydrogen-bond donors (Lipinski definition) is 2. The Morgan fingerprint density at radius 3 is 2.30 bits per heavy atom. The van der Waals surface area contributed by atoms with Crippen LogP contribution in [0.1, 0.15) is 19.4 Å². The molecule has 1 saturated heterocycles. The topological polar surface area (TPSA) is 82.8 Å². The Bertz CT molecular complexity index is 1280. The second-order valence-electron chi connectivity index (χ2n) is 8.64. The van der Waals surface area contributed by atoms with E-state index >= 15 is 0 Å². The molecule has 1 aliphatic heterocycles. The smallest absolute Gasteiger partial charge is 0.162 e. The number of piperazine rings is 1. The number of hydrogen-bond acceptors (Lipinski definition) is 5. The predicted octanol–water partition coefficient (Wildman–Crippen LogP) is 3.97. The van der Waals surface area contributed by atoms with Crippen LogP contribution in [-0.2, 0) is 16.8 Å². The summed E-state index contributed by atoms with van der Waals surface area (Å²) in [6.07, 6.45) is 5.69. The quantitative estimate of drug-likeness (QED) is 0.438. The van der Waals surface area contributed by atoms with E-state index in [1.165, 1.54) is 5.69 Å². The molecule has 2 aromatic carbocycles. The molecule has 33 heavy (non-hydrogen) atoms. The van der Waals surface area contributed by atoms with E-state index in [1.807, 2.05) is 42.9 Å². The Hall–Kier alpha value is -3.07. The van der Waals surface area contributed by atoms with Crippen LogP contribution in [0.5, 0.6) is 0 Å². The monoisotopic (exact) mass is 461 g/mol. The van der Waals surface area contributed by atoms with E-state index in [9.17, 15) is 4.21 Å². The Morgan fingerprint density at radius 2 is 1.64 bits per heavy atom.